The zero-order valence-electron chi connectivity index (χ0n) is 17.9. The van der Waals surface area contributed by atoms with E-state index in [1.165, 1.54) is 0 Å². The van der Waals surface area contributed by atoms with Crippen LogP contribution >= 0.6 is 0 Å². The van der Waals surface area contributed by atoms with Gasteiger partial charge in [-0.3, -0.25) is 0 Å². The largest absolute Gasteiger partial charge is 0.445 e. The molecular weight excluding hydrogens is 380 g/mol. The predicted octanol–water partition coefficient (Wildman–Crippen LogP) is 4.84. The highest BCUT2D eigenvalue weighted by Crippen LogP contribution is 2.33. The molecule has 1 fully saturated rings. The number of likely N-dealkylation sites (tertiary alicyclic amines) is 1. The summed E-state index contributed by atoms with van der Waals surface area (Å²) < 4.78 is 11.0. The molecule has 0 aromatic heterocycles. The maximum Gasteiger partial charge on any atom is 0.410 e. The fourth-order valence-electron chi connectivity index (χ4n) is 3.62. The molecule has 0 unspecified atom stereocenters. The molecule has 0 bridgehead atoms. The molecule has 0 atom stereocenters. The van der Waals surface area contributed by atoms with Gasteiger partial charge in [0.15, 0.2) is 0 Å². The van der Waals surface area contributed by atoms with Crippen LogP contribution in [0, 0.1) is 0 Å². The summed E-state index contributed by atoms with van der Waals surface area (Å²) in [5.41, 5.74) is 0.797. The number of carbonyl (C=O) groups excluding carboxylic acids is 2. The monoisotopic (exact) mass is 410 g/mol. The molecule has 1 aliphatic heterocycles. The van der Waals surface area contributed by atoms with Gasteiger partial charge in [-0.25, -0.2) is 9.59 Å². The van der Waals surface area contributed by atoms with E-state index >= 15 is 0 Å². The minimum atomic E-state index is -0.584. The van der Waals surface area contributed by atoms with Crippen LogP contribution in [0.25, 0.3) is 0 Å². The van der Waals surface area contributed by atoms with Crippen molar-refractivity contribution in [1.82, 2.24) is 10.2 Å². The lowest BCUT2D eigenvalue weighted by molar-refractivity contribution is 0.0359. The normalized spacial score (nSPS) is 15.9. The van der Waals surface area contributed by atoms with E-state index in [0.29, 0.717) is 25.9 Å². The number of hydrogen-bond donors (Lipinski definition) is 1. The van der Waals surface area contributed by atoms with Gasteiger partial charge in [0, 0.05) is 13.1 Å². The standard InChI is InChI=1S/C24H30N2O4/c1-23(2,3)30-21(27)25-24(20-12-8-5-9-13-20)14-16-26(17-15-24)22(28)29-18-19-10-6-4-7-11-19/h4-13H,14-18H2,1-3H3,(H,25,27). The second-order valence-corrected chi connectivity index (χ2v) is 8.60. The molecule has 6 heteroatoms. The topological polar surface area (TPSA) is 67.9 Å². The van der Waals surface area contributed by atoms with Gasteiger partial charge in [0.1, 0.15) is 12.2 Å². The summed E-state index contributed by atoms with van der Waals surface area (Å²) in [6, 6.07) is 19.5. The molecule has 3 rings (SSSR count). The van der Waals surface area contributed by atoms with E-state index < -0.39 is 17.2 Å². The van der Waals surface area contributed by atoms with E-state index in [-0.39, 0.29) is 12.7 Å². The van der Waals surface area contributed by atoms with Crippen molar-refractivity contribution in [2.24, 2.45) is 0 Å². The molecule has 6 nitrogen and oxygen atoms in total. The molecule has 0 spiro atoms. The van der Waals surface area contributed by atoms with E-state index in [4.69, 9.17) is 9.47 Å². The molecule has 160 valence electrons. The molecule has 30 heavy (non-hydrogen) atoms. The summed E-state index contributed by atoms with van der Waals surface area (Å²) in [6.45, 7) is 6.74. The van der Waals surface area contributed by atoms with Crippen molar-refractivity contribution in [3.63, 3.8) is 0 Å². The number of rotatable bonds is 4. The molecule has 1 N–H and O–H groups in total. The van der Waals surface area contributed by atoms with E-state index in [2.05, 4.69) is 5.32 Å². The van der Waals surface area contributed by atoms with Gasteiger partial charge in [-0.1, -0.05) is 60.7 Å². The Morgan fingerprint density at radius 2 is 1.53 bits per heavy atom. The van der Waals surface area contributed by atoms with E-state index in [0.717, 1.165) is 11.1 Å². The van der Waals surface area contributed by atoms with Gasteiger partial charge in [-0.15, -0.1) is 0 Å². The van der Waals surface area contributed by atoms with Crippen LogP contribution in [-0.4, -0.2) is 35.8 Å². The van der Waals surface area contributed by atoms with Crippen LogP contribution in [0.3, 0.4) is 0 Å². The Bertz CT molecular complexity index is 839. The lowest BCUT2D eigenvalue weighted by atomic mass is 9.81. The van der Waals surface area contributed by atoms with Crippen LogP contribution in [0.2, 0.25) is 0 Å². The van der Waals surface area contributed by atoms with Gasteiger partial charge in [0.05, 0.1) is 5.54 Å². The Morgan fingerprint density at radius 1 is 0.967 bits per heavy atom. The third-order valence-corrected chi connectivity index (χ3v) is 5.15. The zero-order valence-corrected chi connectivity index (χ0v) is 17.9. The second-order valence-electron chi connectivity index (χ2n) is 8.60. The lowest BCUT2D eigenvalue weighted by Gasteiger charge is -2.42. The van der Waals surface area contributed by atoms with Gasteiger partial charge in [0.25, 0.3) is 0 Å². The maximum atomic E-state index is 12.5. The highest BCUT2D eigenvalue weighted by atomic mass is 16.6. The average Bonchev–Trinajstić information content (AvgIpc) is 2.72. The highest BCUT2D eigenvalue weighted by Gasteiger charge is 2.40. The highest BCUT2D eigenvalue weighted by molar-refractivity contribution is 5.70. The number of alkyl carbamates (subject to hydrolysis) is 1. The van der Waals surface area contributed by atoms with Gasteiger partial charge in [-0.05, 0) is 44.7 Å². The number of nitrogens with one attached hydrogen (secondary N) is 1. The summed E-state index contributed by atoms with van der Waals surface area (Å²) in [6.07, 6.45) is 0.372. The van der Waals surface area contributed by atoms with Crippen molar-refractivity contribution in [1.29, 1.82) is 0 Å². The molecule has 2 aromatic rings. The van der Waals surface area contributed by atoms with E-state index in [1.807, 2.05) is 81.4 Å². The minimum Gasteiger partial charge on any atom is -0.445 e. The lowest BCUT2D eigenvalue weighted by Crippen LogP contribution is -2.54. The Hall–Kier alpha value is -3.02. The Balaban J connectivity index is 1.65. The molecule has 2 aromatic carbocycles. The van der Waals surface area contributed by atoms with Gasteiger partial charge in [-0.2, -0.15) is 0 Å². The molecule has 0 saturated carbocycles. The van der Waals surface area contributed by atoms with E-state index in [1.54, 1.807) is 4.90 Å². The van der Waals surface area contributed by atoms with Crippen molar-refractivity contribution in [3.05, 3.63) is 71.8 Å². The Labute approximate surface area is 178 Å². The quantitative estimate of drug-likeness (QED) is 0.783. The van der Waals surface area contributed by atoms with E-state index in [9.17, 15) is 9.59 Å². The number of amides is 2. The average molecular weight is 411 g/mol. The van der Waals surface area contributed by atoms with Gasteiger partial charge in [0.2, 0.25) is 0 Å². The van der Waals surface area contributed by atoms with Crippen molar-refractivity contribution in [3.8, 4) is 0 Å². The van der Waals surface area contributed by atoms with Crippen LogP contribution in [-0.2, 0) is 21.6 Å². The van der Waals surface area contributed by atoms with Crippen LogP contribution in [0.15, 0.2) is 60.7 Å². The van der Waals surface area contributed by atoms with Crippen LogP contribution in [0.4, 0.5) is 9.59 Å². The van der Waals surface area contributed by atoms with Gasteiger partial charge < -0.3 is 19.7 Å². The van der Waals surface area contributed by atoms with Crippen LogP contribution in [0.5, 0.6) is 0 Å². The molecule has 0 radical (unpaired) electrons. The summed E-state index contributed by atoms with van der Waals surface area (Å²) >= 11 is 0. The predicted molar refractivity (Wildman–Crippen MR) is 115 cm³/mol. The fourth-order valence-corrected chi connectivity index (χ4v) is 3.62. The first-order chi connectivity index (χ1) is 14.3. The minimum absolute atomic E-state index is 0.246. The van der Waals surface area contributed by atoms with Gasteiger partial charge >= 0.3 is 12.2 Å². The first-order valence-electron chi connectivity index (χ1n) is 10.3. The number of nitrogens with zero attached hydrogens (tertiary/aromatic N) is 1. The smallest absolute Gasteiger partial charge is 0.410 e. The Kier molecular flexibility index (Phi) is 6.65. The first-order valence-corrected chi connectivity index (χ1v) is 10.3. The van der Waals surface area contributed by atoms with Crippen molar-refractivity contribution in [2.75, 3.05) is 13.1 Å². The van der Waals surface area contributed by atoms with Crippen molar-refractivity contribution in [2.45, 2.75) is 51.4 Å². The number of carbonyl (C=O) groups is 2. The Morgan fingerprint density at radius 3 is 2.10 bits per heavy atom. The van der Waals surface area contributed by atoms with Crippen LogP contribution in [0.1, 0.15) is 44.7 Å². The molecule has 1 aliphatic rings. The zero-order chi connectivity index (χ0) is 21.6. The SMILES string of the molecule is CC(C)(C)OC(=O)NC1(c2ccccc2)CCN(C(=O)OCc2ccccc2)CC1. The second kappa shape index (κ2) is 9.20. The third-order valence-electron chi connectivity index (χ3n) is 5.15. The molecule has 2 amide bonds. The number of ether oxygens (including phenoxy) is 2. The number of hydrogen-bond acceptors (Lipinski definition) is 4. The first kappa shape index (κ1) is 21.7. The number of piperidine rings is 1. The summed E-state index contributed by atoms with van der Waals surface area (Å²) in [5, 5.41) is 3.08. The van der Waals surface area contributed by atoms with Crippen LogP contribution < -0.4 is 5.32 Å². The summed E-state index contributed by atoms with van der Waals surface area (Å²) in [4.78, 5) is 26.8. The molecule has 0 aliphatic carbocycles. The summed E-state index contributed by atoms with van der Waals surface area (Å²) in [5.74, 6) is 0. The maximum absolute atomic E-state index is 12.5. The third kappa shape index (κ3) is 5.75. The number of benzene rings is 2. The van der Waals surface area contributed by atoms with Crippen molar-refractivity contribution < 1.29 is 19.1 Å². The summed E-state index contributed by atoms with van der Waals surface area (Å²) in [7, 11) is 0. The fraction of sp³-hybridized carbons (Fsp3) is 0.417. The molecule has 1 heterocycles. The van der Waals surface area contributed by atoms with Crippen molar-refractivity contribution >= 4 is 12.2 Å². The molecule has 1 saturated heterocycles. The molecular formula is C24H30N2O4.